The zero-order valence-electron chi connectivity index (χ0n) is 16.4. The minimum absolute atomic E-state index is 0.0461. The van der Waals surface area contributed by atoms with Crippen LogP contribution in [-0.4, -0.2) is 59.5 Å². The van der Waals surface area contributed by atoms with Crippen molar-refractivity contribution in [3.05, 3.63) is 0 Å². The molecular formula is C17H28O8S4. The van der Waals surface area contributed by atoms with Crippen LogP contribution in [-0.2, 0) is 38.1 Å². The van der Waals surface area contributed by atoms with Gasteiger partial charge in [0.15, 0.2) is 0 Å². The van der Waals surface area contributed by atoms with Gasteiger partial charge in [-0.1, -0.05) is 0 Å². The minimum Gasteiger partial charge on any atom is -0.465 e. The Morgan fingerprint density at radius 1 is 0.621 bits per heavy atom. The van der Waals surface area contributed by atoms with Gasteiger partial charge in [0, 0.05) is 23.0 Å². The Bertz CT molecular complexity index is 517. The molecule has 29 heavy (non-hydrogen) atoms. The molecule has 0 aromatic rings. The summed E-state index contributed by atoms with van der Waals surface area (Å²) >= 11 is 15.9. The van der Waals surface area contributed by atoms with Crippen LogP contribution >= 0.6 is 50.5 Å². The van der Waals surface area contributed by atoms with Crippen LogP contribution in [0.1, 0.15) is 39.5 Å². The predicted octanol–water partition coefficient (Wildman–Crippen LogP) is 2.12. The summed E-state index contributed by atoms with van der Waals surface area (Å²) in [5.41, 5.74) is -1.44. The Kier molecular flexibility index (Phi) is 14.0. The molecule has 0 fully saturated rings. The van der Waals surface area contributed by atoms with Gasteiger partial charge in [-0.2, -0.15) is 50.5 Å². The van der Waals surface area contributed by atoms with E-state index in [0.29, 0.717) is 0 Å². The van der Waals surface area contributed by atoms with Crippen LogP contribution in [0.25, 0.3) is 0 Å². The molecule has 0 amide bonds. The molecule has 168 valence electrons. The molecule has 0 aliphatic heterocycles. The van der Waals surface area contributed by atoms with Crippen molar-refractivity contribution in [2.24, 2.45) is 5.41 Å². The number of carbonyl (C=O) groups is 4. The smallest absolute Gasteiger partial charge is 0.432 e. The molecule has 0 spiro atoms. The van der Waals surface area contributed by atoms with E-state index in [1.807, 2.05) is 0 Å². The van der Waals surface area contributed by atoms with Gasteiger partial charge >= 0.3 is 29.9 Å². The van der Waals surface area contributed by atoms with Gasteiger partial charge < -0.3 is 18.9 Å². The monoisotopic (exact) mass is 488 g/mol. The van der Waals surface area contributed by atoms with Gasteiger partial charge in [-0.15, -0.1) is 0 Å². The Hall–Kier alpha value is -0.720. The number of thiol groups is 4. The third kappa shape index (κ3) is 10.2. The average molecular weight is 489 g/mol. The number of hydrogen-bond donors (Lipinski definition) is 4. The molecule has 0 saturated carbocycles. The molecule has 0 radical (unpaired) electrons. The molecule has 0 aliphatic carbocycles. The van der Waals surface area contributed by atoms with Gasteiger partial charge in [-0.25, -0.2) is 0 Å². The number of ether oxygens (including phenoxy) is 4. The van der Waals surface area contributed by atoms with Crippen molar-refractivity contribution in [3.8, 4) is 0 Å². The Morgan fingerprint density at radius 2 is 0.931 bits per heavy atom. The fourth-order valence-corrected chi connectivity index (χ4v) is 2.60. The molecule has 0 atom stereocenters. The van der Waals surface area contributed by atoms with Crippen molar-refractivity contribution < 1.29 is 38.1 Å². The third-order valence-electron chi connectivity index (χ3n) is 3.43. The van der Waals surface area contributed by atoms with E-state index in [9.17, 15) is 19.2 Å². The van der Waals surface area contributed by atoms with Gasteiger partial charge in [-0.05, 0) is 13.8 Å². The molecule has 0 rings (SSSR count). The normalized spacial score (nSPS) is 11.5. The second-order valence-corrected chi connectivity index (χ2v) is 8.21. The summed E-state index contributed by atoms with van der Waals surface area (Å²) in [5.74, 6) is -4.72. The average Bonchev–Trinajstić information content (AvgIpc) is 2.60. The van der Waals surface area contributed by atoms with E-state index >= 15 is 0 Å². The molecule has 12 heteroatoms. The lowest BCUT2D eigenvalue weighted by Crippen LogP contribution is -2.57. The number of esters is 4. The zero-order valence-corrected chi connectivity index (χ0v) is 20.0. The van der Waals surface area contributed by atoms with Crippen molar-refractivity contribution >= 4 is 74.4 Å². The van der Waals surface area contributed by atoms with Crippen LogP contribution in [0.2, 0.25) is 0 Å². The topological polar surface area (TPSA) is 105 Å². The summed E-state index contributed by atoms with van der Waals surface area (Å²) in [6.07, 6.45) is -0.345. The van der Waals surface area contributed by atoms with Gasteiger partial charge in [0.1, 0.15) is 12.0 Å². The molecule has 0 aliphatic rings. The molecule has 0 heterocycles. The second kappa shape index (κ2) is 14.3. The van der Waals surface area contributed by atoms with Crippen LogP contribution in [0, 0.1) is 5.41 Å². The fraction of sp³-hybridized carbons (Fsp3) is 0.765. The largest absolute Gasteiger partial charge is 0.465 e. The summed E-state index contributed by atoms with van der Waals surface area (Å²) in [4.78, 5) is 48.4. The highest BCUT2D eigenvalue weighted by molar-refractivity contribution is 7.80. The standard InChI is InChI=1S/C17H28O8S4/c1-16(2,11-22-12(18)3-7-26)17(23-13(19)4-8-27,24-14(20)5-9-28)25-15(21)6-10-29/h26-29H,3-11H2,1-2H3. The quantitative estimate of drug-likeness (QED) is 0.167. The molecule has 8 nitrogen and oxygen atoms in total. The van der Waals surface area contributed by atoms with Crippen molar-refractivity contribution in [2.45, 2.75) is 45.5 Å². The molecule has 0 aromatic carbocycles. The fourth-order valence-electron chi connectivity index (χ4n) is 1.87. The van der Waals surface area contributed by atoms with Crippen molar-refractivity contribution in [1.82, 2.24) is 0 Å². The Labute approximate surface area is 192 Å². The van der Waals surface area contributed by atoms with E-state index in [1.54, 1.807) is 0 Å². The summed E-state index contributed by atoms with van der Waals surface area (Å²) < 4.78 is 21.2. The first-order valence-corrected chi connectivity index (χ1v) is 11.3. The van der Waals surface area contributed by atoms with E-state index < -0.39 is 35.3 Å². The minimum atomic E-state index is -2.45. The van der Waals surface area contributed by atoms with E-state index in [0.717, 1.165) is 0 Å². The first-order chi connectivity index (χ1) is 13.6. The SMILES string of the molecule is CC(C)(COC(=O)CCS)C(OC(=O)CCS)(OC(=O)CCS)OC(=O)CCS. The summed E-state index contributed by atoms with van der Waals surface area (Å²) in [6.45, 7) is 2.57. The maximum Gasteiger partial charge on any atom is 0.432 e. The van der Waals surface area contributed by atoms with Gasteiger partial charge in [0.2, 0.25) is 0 Å². The van der Waals surface area contributed by atoms with Crippen LogP contribution < -0.4 is 0 Å². The summed E-state index contributed by atoms with van der Waals surface area (Å²) in [6, 6.07) is 0. The summed E-state index contributed by atoms with van der Waals surface area (Å²) in [7, 11) is 0. The van der Waals surface area contributed by atoms with E-state index in [1.165, 1.54) is 13.8 Å². The van der Waals surface area contributed by atoms with Crippen LogP contribution in [0.15, 0.2) is 0 Å². The Balaban J connectivity index is 5.97. The predicted molar refractivity (Wildman–Crippen MR) is 120 cm³/mol. The maximum atomic E-state index is 12.2. The highest BCUT2D eigenvalue weighted by Crippen LogP contribution is 2.39. The van der Waals surface area contributed by atoms with Gasteiger partial charge in [0.05, 0.1) is 25.7 Å². The zero-order chi connectivity index (χ0) is 22.5. The van der Waals surface area contributed by atoms with E-state index in [2.05, 4.69) is 50.5 Å². The van der Waals surface area contributed by atoms with E-state index in [4.69, 9.17) is 18.9 Å². The molecule has 0 bridgehead atoms. The molecule has 0 unspecified atom stereocenters. The first-order valence-electron chi connectivity index (χ1n) is 8.82. The van der Waals surface area contributed by atoms with Crippen molar-refractivity contribution in [1.29, 1.82) is 0 Å². The van der Waals surface area contributed by atoms with Gasteiger partial charge in [-0.3, -0.25) is 19.2 Å². The highest BCUT2D eigenvalue weighted by atomic mass is 32.1. The summed E-state index contributed by atoms with van der Waals surface area (Å²) in [5, 5.41) is 0. The van der Waals surface area contributed by atoms with Crippen molar-refractivity contribution in [3.63, 3.8) is 0 Å². The Morgan fingerprint density at radius 3 is 1.24 bits per heavy atom. The van der Waals surface area contributed by atoms with Crippen LogP contribution in [0.5, 0.6) is 0 Å². The van der Waals surface area contributed by atoms with Crippen LogP contribution in [0.3, 0.4) is 0 Å². The number of hydrogen-bond acceptors (Lipinski definition) is 12. The lowest BCUT2D eigenvalue weighted by molar-refractivity contribution is -0.377. The van der Waals surface area contributed by atoms with Crippen LogP contribution in [0.4, 0.5) is 0 Å². The highest BCUT2D eigenvalue weighted by Gasteiger charge is 2.57. The number of carbonyl (C=O) groups excluding carboxylic acids is 4. The third-order valence-corrected chi connectivity index (χ3v) is 4.33. The lowest BCUT2D eigenvalue weighted by Gasteiger charge is -2.41. The number of rotatable bonds is 14. The molecule has 0 aromatic heterocycles. The molecule has 0 N–H and O–H groups in total. The van der Waals surface area contributed by atoms with Gasteiger partial charge in [0.25, 0.3) is 0 Å². The van der Waals surface area contributed by atoms with E-state index in [-0.39, 0.29) is 55.3 Å². The first kappa shape index (κ1) is 28.3. The molecular weight excluding hydrogens is 460 g/mol. The maximum absolute atomic E-state index is 12.2. The second-order valence-electron chi connectivity index (χ2n) is 6.42. The van der Waals surface area contributed by atoms with Crippen molar-refractivity contribution in [2.75, 3.05) is 29.6 Å². The lowest BCUT2D eigenvalue weighted by atomic mass is 9.90. The molecule has 0 saturated heterocycles.